The van der Waals surface area contributed by atoms with Crippen LogP contribution in [0.2, 0.25) is 0 Å². The lowest BCUT2D eigenvalue weighted by Crippen LogP contribution is -2.09. The molecule has 0 aliphatic heterocycles. The molecule has 0 N–H and O–H groups in total. The average Bonchev–Trinajstić information content (AvgIpc) is 2.84. The number of benzene rings is 3. The molecule has 4 aromatic rings. The zero-order chi connectivity index (χ0) is 19.9. The third-order valence-electron chi connectivity index (χ3n) is 6.21. The summed E-state index contributed by atoms with van der Waals surface area (Å²) in [7, 11) is 0. The molecule has 3 aromatic carbocycles. The molecule has 144 valence electrons. The van der Waals surface area contributed by atoms with Crippen molar-refractivity contribution in [2.75, 3.05) is 0 Å². The molecule has 0 atom stereocenters. The molecule has 0 unspecified atom stereocenters. The quantitative estimate of drug-likeness (QED) is 0.375. The van der Waals surface area contributed by atoms with Gasteiger partial charge in [-0.1, -0.05) is 85.0 Å². The molecule has 0 saturated carbocycles. The van der Waals surface area contributed by atoms with Crippen LogP contribution in [0.15, 0.2) is 72.8 Å². The van der Waals surface area contributed by atoms with E-state index in [-0.39, 0.29) is 0 Å². The molecular weight excluding hydrogens is 364 g/mol. The van der Waals surface area contributed by atoms with Crippen molar-refractivity contribution in [1.82, 2.24) is 9.97 Å². The van der Waals surface area contributed by atoms with Gasteiger partial charge in [-0.2, -0.15) is 0 Å². The zero-order valence-corrected chi connectivity index (χ0v) is 16.8. The van der Waals surface area contributed by atoms with Gasteiger partial charge < -0.3 is 0 Å². The highest BCUT2D eigenvalue weighted by atomic mass is 14.8. The largest absolute Gasteiger partial charge is 0.243 e. The number of aromatic nitrogens is 2. The molecule has 2 aliphatic carbocycles. The van der Waals surface area contributed by atoms with Gasteiger partial charge in [-0.3, -0.25) is 0 Å². The highest BCUT2D eigenvalue weighted by molar-refractivity contribution is 5.98. The summed E-state index contributed by atoms with van der Waals surface area (Å²) in [6.45, 7) is 0. The molecule has 0 saturated heterocycles. The summed E-state index contributed by atoms with van der Waals surface area (Å²) in [5.74, 6) is 0. The van der Waals surface area contributed by atoms with Crippen LogP contribution in [0.5, 0.6) is 0 Å². The Morgan fingerprint density at radius 1 is 0.533 bits per heavy atom. The van der Waals surface area contributed by atoms with E-state index in [1.807, 2.05) is 12.1 Å². The first-order chi connectivity index (χ1) is 14.9. The topological polar surface area (TPSA) is 25.8 Å². The lowest BCUT2D eigenvalue weighted by atomic mass is 9.83. The van der Waals surface area contributed by atoms with Crippen molar-refractivity contribution in [1.29, 1.82) is 0 Å². The fourth-order valence-electron chi connectivity index (χ4n) is 4.80. The van der Waals surface area contributed by atoms with Crippen molar-refractivity contribution < 1.29 is 0 Å². The number of hydrogen-bond donors (Lipinski definition) is 0. The molecule has 0 radical (unpaired) electrons. The molecular formula is C28H22N2. The summed E-state index contributed by atoms with van der Waals surface area (Å²) in [4.78, 5) is 10.6. The summed E-state index contributed by atoms with van der Waals surface area (Å²) < 4.78 is 0. The van der Waals surface area contributed by atoms with Gasteiger partial charge in [0, 0.05) is 22.3 Å². The molecule has 0 fully saturated rings. The van der Waals surface area contributed by atoms with Crippen LogP contribution in [0.25, 0.3) is 45.7 Å². The summed E-state index contributed by atoms with van der Waals surface area (Å²) in [6.07, 6.45) is 13.5. The van der Waals surface area contributed by atoms with Gasteiger partial charge in [-0.15, -0.1) is 0 Å². The molecule has 2 aliphatic rings. The third kappa shape index (κ3) is 2.72. The van der Waals surface area contributed by atoms with Gasteiger partial charge in [0.05, 0.1) is 22.4 Å². The van der Waals surface area contributed by atoms with Crippen molar-refractivity contribution in [3.63, 3.8) is 0 Å². The van der Waals surface area contributed by atoms with E-state index >= 15 is 0 Å². The molecule has 0 bridgehead atoms. The number of fused-ring (bicyclic) bond motifs is 6. The second kappa shape index (κ2) is 7.07. The predicted molar refractivity (Wildman–Crippen MR) is 125 cm³/mol. The van der Waals surface area contributed by atoms with Crippen LogP contribution < -0.4 is 0 Å². The van der Waals surface area contributed by atoms with Gasteiger partial charge in [-0.05, 0) is 36.8 Å². The summed E-state index contributed by atoms with van der Waals surface area (Å²) in [5.41, 5.74) is 11.7. The van der Waals surface area contributed by atoms with Crippen LogP contribution in [0.4, 0.5) is 0 Å². The minimum Gasteiger partial charge on any atom is -0.243 e. The summed E-state index contributed by atoms with van der Waals surface area (Å²) >= 11 is 0. The second-order valence-corrected chi connectivity index (χ2v) is 8.02. The Kier molecular flexibility index (Phi) is 4.09. The smallest absolute Gasteiger partial charge is 0.0976 e. The maximum atomic E-state index is 5.30. The van der Waals surface area contributed by atoms with E-state index in [1.54, 1.807) is 0 Å². The van der Waals surface area contributed by atoms with Gasteiger partial charge in [-0.25, -0.2) is 9.97 Å². The molecule has 2 heteroatoms. The first-order valence-electron chi connectivity index (χ1n) is 10.7. The molecule has 30 heavy (non-hydrogen) atoms. The number of hydrogen-bond acceptors (Lipinski definition) is 2. The Bertz CT molecular complexity index is 1210. The average molecular weight is 386 g/mol. The van der Waals surface area contributed by atoms with E-state index in [1.165, 1.54) is 22.3 Å². The number of nitrogens with zero attached hydrogens (tertiary/aromatic N) is 2. The van der Waals surface area contributed by atoms with Gasteiger partial charge in [0.2, 0.25) is 0 Å². The molecule has 1 aromatic heterocycles. The van der Waals surface area contributed by atoms with Gasteiger partial charge in [0.1, 0.15) is 0 Å². The Morgan fingerprint density at radius 3 is 1.40 bits per heavy atom. The Balaban J connectivity index is 1.75. The Morgan fingerprint density at radius 2 is 0.967 bits per heavy atom. The van der Waals surface area contributed by atoms with E-state index < -0.39 is 0 Å². The van der Waals surface area contributed by atoms with Gasteiger partial charge >= 0.3 is 0 Å². The van der Waals surface area contributed by atoms with Crippen LogP contribution in [-0.2, 0) is 12.8 Å². The van der Waals surface area contributed by atoms with Crippen LogP contribution >= 0.6 is 0 Å². The first-order valence-corrected chi connectivity index (χ1v) is 10.7. The maximum absolute atomic E-state index is 5.30. The Labute approximate surface area is 176 Å². The van der Waals surface area contributed by atoms with Gasteiger partial charge in [0.15, 0.2) is 0 Å². The third-order valence-corrected chi connectivity index (χ3v) is 6.21. The SMILES string of the molecule is C1=Cc2c(c3c(c4nc(-c5ccccc5)c(-c5ccccc5)nc24)C=CCC3)CC1. The van der Waals surface area contributed by atoms with Crippen LogP contribution in [0, 0.1) is 0 Å². The van der Waals surface area contributed by atoms with Gasteiger partial charge in [0.25, 0.3) is 0 Å². The van der Waals surface area contributed by atoms with E-state index in [9.17, 15) is 0 Å². The van der Waals surface area contributed by atoms with Crippen molar-refractivity contribution in [3.8, 4) is 22.5 Å². The fourth-order valence-corrected chi connectivity index (χ4v) is 4.80. The Hall–Kier alpha value is -3.52. The molecule has 0 spiro atoms. The minimum absolute atomic E-state index is 0.954. The van der Waals surface area contributed by atoms with Crippen LogP contribution in [-0.4, -0.2) is 9.97 Å². The van der Waals surface area contributed by atoms with Crippen molar-refractivity contribution in [2.24, 2.45) is 0 Å². The van der Waals surface area contributed by atoms with Crippen molar-refractivity contribution in [2.45, 2.75) is 25.7 Å². The standard InChI is InChI=1S/C28H22N2/c1-3-11-19(12-4-1)25-26(20-13-5-2-6-14-20)30-28-24-18-10-8-16-22(24)21-15-7-9-17-23(21)27(28)29-25/h1-6,9-14,17-18H,7-8,15-16H2. The number of allylic oxidation sites excluding steroid dienone is 2. The predicted octanol–water partition coefficient (Wildman–Crippen LogP) is 6.88. The van der Waals surface area contributed by atoms with E-state index in [0.29, 0.717) is 0 Å². The number of rotatable bonds is 2. The van der Waals surface area contributed by atoms with Crippen LogP contribution in [0.3, 0.4) is 0 Å². The fraction of sp³-hybridized carbons (Fsp3) is 0.143. The summed E-state index contributed by atoms with van der Waals surface area (Å²) in [5, 5.41) is 0. The molecule has 1 heterocycles. The second-order valence-electron chi connectivity index (χ2n) is 8.02. The lowest BCUT2D eigenvalue weighted by molar-refractivity contribution is 0.908. The zero-order valence-electron chi connectivity index (χ0n) is 16.8. The van der Waals surface area contributed by atoms with Crippen molar-refractivity contribution >= 4 is 23.2 Å². The van der Waals surface area contributed by atoms with E-state index in [4.69, 9.17) is 9.97 Å². The highest BCUT2D eigenvalue weighted by Crippen LogP contribution is 2.39. The lowest BCUT2D eigenvalue weighted by Gasteiger charge is -2.23. The maximum Gasteiger partial charge on any atom is 0.0976 e. The molecule has 0 amide bonds. The summed E-state index contributed by atoms with van der Waals surface area (Å²) in [6, 6.07) is 20.9. The minimum atomic E-state index is 0.954. The normalized spacial score (nSPS) is 14.5. The highest BCUT2D eigenvalue weighted by Gasteiger charge is 2.23. The van der Waals surface area contributed by atoms with E-state index in [0.717, 1.165) is 59.2 Å². The molecule has 2 nitrogen and oxygen atoms in total. The monoisotopic (exact) mass is 386 g/mol. The van der Waals surface area contributed by atoms with E-state index in [2.05, 4.69) is 72.8 Å². The molecule has 6 rings (SSSR count). The van der Waals surface area contributed by atoms with Crippen LogP contribution in [0.1, 0.15) is 35.1 Å². The van der Waals surface area contributed by atoms with Crippen molar-refractivity contribution in [3.05, 3.63) is 95.1 Å². The first kappa shape index (κ1) is 17.3.